The maximum absolute atomic E-state index is 5.48. The van der Waals surface area contributed by atoms with Gasteiger partial charge in [-0.25, -0.2) is 4.98 Å². The molecule has 3 heterocycles. The zero-order chi connectivity index (χ0) is 22.5. The van der Waals surface area contributed by atoms with E-state index in [-0.39, 0.29) is 5.54 Å². The third-order valence-corrected chi connectivity index (χ3v) is 6.72. The number of hydrogen-bond acceptors (Lipinski definition) is 6. The Morgan fingerprint density at radius 1 is 1.03 bits per heavy atom. The molecular formula is C24H28N6O2. The van der Waals surface area contributed by atoms with Crippen LogP contribution in [0.1, 0.15) is 36.7 Å². The molecule has 0 radical (unpaired) electrons. The van der Waals surface area contributed by atoms with E-state index in [1.165, 1.54) is 11.1 Å². The number of hydrogen-bond donors (Lipinski definition) is 1. The van der Waals surface area contributed by atoms with Crippen LogP contribution in [0.15, 0.2) is 36.7 Å². The fourth-order valence-corrected chi connectivity index (χ4v) is 4.79. The van der Waals surface area contributed by atoms with Crippen LogP contribution in [0.2, 0.25) is 0 Å². The summed E-state index contributed by atoms with van der Waals surface area (Å²) in [4.78, 5) is 12.7. The van der Waals surface area contributed by atoms with Gasteiger partial charge in [0, 0.05) is 18.7 Å². The lowest BCUT2D eigenvalue weighted by atomic mass is 9.95. The summed E-state index contributed by atoms with van der Waals surface area (Å²) in [6.45, 7) is 7.50. The van der Waals surface area contributed by atoms with E-state index in [0.717, 1.165) is 47.6 Å². The average Bonchev–Trinajstić information content (AvgIpc) is 3.54. The van der Waals surface area contributed by atoms with Crippen LogP contribution in [0.5, 0.6) is 11.5 Å². The minimum absolute atomic E-state index is 0.306. The van der Waals surface area contributed by atoms with Crippen molar-refractivity contribution < 1.29 is 9.47 Å². The molecule has 1 aliphatic heterocycles. The second-order valence-corrected chi connectivity index (χ2v) is 8.53. The summed E-state index contributed by atoms with van der Waals surface area (Å²) in [6.07, 6.45) is 5.48. The normalized spacial score (nSPS) is 18.5. The zero-order valence-electron chi connectivity index (χ0n) is 19.1. The van der Waals surface area contributed by atoms with Gasteiger partial charge in [0.05, 0.1) is 48.9 Å². The third-order valence-electron chi connectivity index (χ3n) is 6.72. The van der Waals surface area contributed by atoms with Gasteiger partial charge in [-0.3, -0.25) is 0 Å². The van der Waals surface area contributed by atoms with Gasteiger partial charge in [-0.05, 0) is 50.8 Å². The van der Waals surface area contributed by atoms with Crippen molar-refractivity contribution in [2.75, 3.05) is 25.7 Å². The van der Waals surface area contributed by atoms with E-state index < -0.39 is 0 Å². The molecular weight excluding hydrogens is 404 g/mol. The van der Waals surface area contributed by atoms with Crippen molar-refractivity contribution >= 4 is 16.7 Å². The monoisotopic (exact) mass is 432 g/mol. The first-order chi connectivity index (χ1) is 15.5. The minimum Gasteiger partial charge on any atom is -0.493 e. The summed E-state index contributed by atoms with van der Waals surface area (Å²) in [5.74, 6) is 2.29. The Kier molecular flexibility index (Phi) is 4.80. The molecule has 8 nitrogen and oxygen atoms in total. The van der Waals surface area contributed by atoms with E-state index in [0.29, 0.717) is 11.5 Å². The number of methoxy groups -OCH3 is 2. The Balaban J connectivity index is 1.66. The largest absolute Gasteiger partial charge is 0.493 e. The summed E-state index contributed by atoms with van der Waals surface area (Å²) in [6, 6.07) is 8.10. The van der Waals surface area contributed by atoms with Crippen molar-refractivity contribution in [1.82, 2.24) is 25.0 Å². The Morgan fingerprint density at radius 3 is 2.47 bits per heavy atom. The molecule has 5 rings (SSSR count). The maximum Gasteiger partial charge on any atom is 0.163 e. The summed E-state index contributed by atoms with van der Waals surface area (Å²) >= 11 is 0. The lowest BCUT2D eigenvalue weighted by Crippen LogP contribution is -2.40. The Bertz CT molecular complexity index is 1240. The van der Waals surface area contributed by atoms with Crippen molar-refractivity contribution in [3.63, 3.8) is 0 Å². The van der Waals surface area contributed by atoms with Crippen molar-refractivity contribution in [2.24, 2.45) is 0 Å². The average molecular weight is 433 g/mol. The highest BCUT2D eigenvalue weighted by molar-refractivity contribution is 5.80. The van der Waals surface area contributed by atoms with Gasteiger partial charge in [-0.1, -0.05) is 6.07 Å². The first kappa shape index (κ1) is 20.4. The fraction of sp³-hybridized carbons (Fsp3) is 0.375. The van der Waals surface area contributed by atoms with Gasteiger partial charge in [-0.2, -0.15) is 10.2 Å². The summed E-state index contributed by atoms with van der Waals surface area (Å²) in [5, 5.41) is 8.82. The van der Waals surface area contributed by atoms with Gasteiger partial charge in [0.15, 0.2) is 11.5 Å². The fourth-order valence-electron chi connectivity index (χ4n) is 4.79. The van der Waals surface area contributed by atoms with E-state index in [2.05, 4.69) is 53.0 Å². The maximum atomic E-state index is 5.48. The number of nitrogens with zero attached hydrogens (tertiary/aromatic N) is 5. The highest BCUT2D eigenvalue weighted by Crippen LogP contribution is 2.45. The molecule has 8 heteroatoms. The van der Waals surface area contributed by atoms with Crippen LogP contribution in [-0.2, 0) is 5.54 Å². The zero-order valence-corrected chi connectivity index (χ0v) is 19.1. The van der Waals surface area contributed by atoms with Crippen molar-refractivity contribution in [3.8, 4) is 17.2 Å². The second kappa shape index (κ2) is 7.55. The van der Waals surface area contributed by atoms with Crippen molar-refractivity contribution in [3.05, 3.63) is 53.6 Å². The van der Waals surface area contributed by atoms with E-state index in [4.69, 9.17) is 14.5 Å². The quantitative estimate of drug-likeness (QED) is 0.507. The van der Waals surface area contributed by atoms with Gasteiger partial charge in [0.2, 0.25) is 0 Å². The molecule has 4 aromatic rings. The van der Waals surface area contributed by atoms with E-state index in [1.54, 1.807) is 31.4 Å². The molecule has 1 saturated heterocycles. The number of benzene rings is 2. The molecule has 2 aromatic heterocycles. The van der Waals surface area contributed by atoms with Crippen LogP contribution in [0, 0.1) is 13.8 Å². The van der Waals surface area contributed by atoms with Crippen LogP contribution in [0.4, 0.5) is 5.69 Å². The van der Waals surface area contributed by atoms with Crippen molar-refractivity contribution in [1.29, 1.82) is 0 Å². The molecule has 2 aromatic carbocycles. The Hall–Kier alpha value is -3.55. The van der Waals surface area contributed by atoms with Crippen LogP contribution < -0.4 is 14.4 Å². The minimum atomic E-state index is -0.306. The smallest absolute Gasteiger partial charge is 0.163 e. The van der Waals surface area contributed by atoms with Crippen LogP contribution in [0.25, 0.3) is 16.7 Å². The number of rotatable bonds is 5. The molecule has 0 spiro atoms. The van der Waals surface area contributed by atoms with Crippen molar-refractivity contribution in [2.45, 2.75) is 39.2 Å². The molecule has 166 valence electrons. The first-order valence-electron chi connectivity index (χ1n) is 10.8. The summed E-state index contributed by atoms with van der Waals surface area (Å²) in [7, 11) is 3.29. The van der Waals surface area contributed by atoms with Crippen LogP contribution in [0.3, 0.4) is 0 Å². The standard InChI is InChI=1S/C24H28N6O2/c1-15-7-8-19(30-25-10-11-26-30)22(16(15)2)29-12-6-9-24(29,3)23-27-17-13-20(31-4)21(32-5)14-18(17)28-23/h7-8,10-11,13-14H,6,9,12H2,1-5H3,(H,27,28)/t24-/m0/s1. The number of nitrogens with one attached hydrogen (secondary N) is 1. The lowest BCUT2D eigenvalue weighted by Gasteiger charge is -2.37. The number of aromatic amines is 1. The predicted molar refractivity (Wildman–Crippen MR) is 124 cm³/mol. The number of fused-ring (bicyclic) bond motifs is 1. The Morgan fingerprint density at radius 2 is 1.75 bits per heavy atom. The molecule has 0 amide bonds. The highest BCUT2D eigenvalue weighted by Gasteiger charge is 2.42. The molecule has 32 heavy (non-hydrogen) atoms. The third kappa shape index (κ3) is 3.01. The molecule has 0 bridgehead atoms. The van der Waals surface area contributed by atoms with Gasteiger partial charge in [-0.15, -0.1) is 4.80 Å². The number of H-pyrrole nitrogens is 1. The van der Waals surface area contributed by atoms with Gasteiger partial charge < -0.3 is 19.4 Å². The molecule has 0 aliphatic carbocycles. The predicted octanol–water partition coefficient (Wildman–Crippen LogP) is 4.29. The number of ether oxygens (including phenoxy) is 2. The van der Waals surface area contributed by atoms with E-state index in [9.17, 15) is 0 Å². The van der Waals surface area contributed by atoms with Gasteiger partial charge in [0.25, 0.3) is 0 Å². The Labute approximate surface area is 187 Å². The molecule has 1 fully saturated rings. The number of imidazole rings is 1. The van der Waals surface area contributed by atoms with Gasteiger partial charge in [0.1, 0.15) is 11.5 Å². The summed E-state index contributed by atoms with van der Waals surface area (Å²) in [5.41, 5.74) is 6.08. The van der Waals surface area contributed by atoms with E-state index in [1.807, 2.05) is 12.1 Å². The first-order valence-corrected chi connectivity index (χ1v) is 10.8. The molecule has 1 N–H and O–H groups in total. The van der Waals surface area contributed by atoms with Gasteiger partial charge >= 0.3 is 0 Å². The van der Waals surface area contributed by atoms with Crippen LogP contribution in [-0.4, -0.2) is 45.7 Å². The number of aromatic nitrogens is 5. The molecule has 0 unspecified atom stereocenters. The highest BCUT2D eigenvalue weighted by atomic mass is 16.5. The lowest BCUT2D eigenvalue weighted by molar-refractivity contribution is 0.356. The number of aryl methyl sites for hydroxylation is 1. The molecule has 1 atom stereocenters. The van der Waals surface area contributed by atoms with Crippen LogP contribution >= 0.6 is 0 Å². The molecule has 1 aliphatic rings. The summed E-state index contributed by atoms with van der Waals surface area (Å²) < 4.78 is 11.0. The molecule has 0 saturated carbocycles. The number of anilines is 1. The van der Waals surface area contributed by atoms with E-state index >= 15 is 0 Å². The second-order valence-electron chi connectivity index (χ2n) is 8.53. The SMILES string of the molecule is COc1cc2nc([C@]3(C)CCCN3c3c(-n4nccn4)ccc(C)c3C)[nH]c2cc1OC. The topological polar surface area (TPSA) is 81.1 Å².